The SMILES string of the molecule is COc1ccc(C2=NC(=O)N[C@@H]2c2ccc(OC)cc2)cc1. The molecule has 2 aromatic carbocycles. The minimum atomic E-state index is -0.327. The van der Waals surface area contributed by atoms with Crippen molar-refractivity contribution in [3.8, 4) is 11.5 Å². The molecule has 2 aromatic rings. The largest absolute Gasteiger partial charge is 0.497 e. The van der Waals surface area contributed by atoms with Crippen molar-refractivity contribution in [1.82, 2.24) is 5.32 Å². The van der Waals surface area contributed by atoms with Crippen LogP contribution in [0, 0.1) is 0 Å². The molecule has 0 saturated carbocycles. The van der Waals surface area contributed by atoms with Crippen LogP contribution in [0.25, 0.3) is 0 Å². The molecule has 1 heterocycles. The Kier molecular flexibility index (Phi) is 3.78. The van der Waals surface area contributed by atoms with Crippen molar-refractivity contribution >= 4 is 11.7 Å². The summed E-state index contributed by atoms with van der Waals surface area (Å²) in [6.07, 6.45) is 0. The first kappa shape index (κ1) is 14.1. The van der Waals surface area contributed by atoms with Crippen molar-refractivity contribution < 1.29 is 14.3 Å². The maximum Gasteiger partial charge on any atom is 0.342 e. The number of hydrogen-bond acceptors (Lipinski definition) is 3. The number of rotatable bonds is 4. The summed E-state index contributed by atoms with van der Waals surface area (Å²) in [5.74, 6) is 1.54. The Morgan fingerprint density at radius 1 is 0.909 bits per heavy atom. The van der Waals surface area contributed by atoms with Gasteiger partial charge in [-0.1, -0.05) is 12.1 Å². The number of carbonyl (C=O) groups is 1. The van der Waals surface area contributed by atoms with E-state index < -0.39 is 0 Å². The highest BCUT2D eigenvalue weighted by atomic mass is 16.5. The number of nitrogens with one attached hydrogen (secondary N) is 1. The van der Waals surface area contributed by atoms with Gasteiger partial charge in [0.2, 0.25) is 0 Å². The van der Waals surface area contributed by atoms with Gasteiger partial charge >= 0.3 is 6.03 Å². The van der Waals surface area contributed by atoms with E-state index in [0.717, 1.165) is 22.6 Å². The highest BCUT2D eigenvalue weighted by Crippen LogP contribution is 2.26. The molecule has 0 aliphatic carbocycles. The maximum absolute atomic E-state index is 11.7. The molecule has 0 fully saturated rings. The molecule has 1 atom stereocenters. The summed E-state index contributed by atoms with van der Waals surface area (Å²) in [7, 11) is 3.24. The molecule has 1 aliphatic heterocycles. The van der Waals surface area contributed by atoms with Crippen molar-refractivity contribution in [2.75, 3.05) is 14.2 Å². The summed E-state index contributed by atoms with van der Waals surface area (Å²) in [6, 6.07) is 14.5. The fourth-order valence-electron chi connectivity index (χ4n) is 2.43. The second kappa shape index (κ2) is 5.89. The van der Waals surface area contributed by atoms with E-state index in [-0.39, 0.29) is 12.1 Å². The van der Waals surface area contributed by atoms with E-state index in [1.807, 2.05) is 48.5 Å². The van der Waals surface area contributed by atoms with Crippen LogP contribution in [0.1, 0.15) is 17.2 Å². The van der Waals surface area contributed by atoms with Crippen molar-refractivity contribution in [3.05, 3.63) is 59.7 Å². The fourth-order valence-corrected chi connectivity index (χ4v) is 2.43. The summed E-state index contributed by atoms with van der Waals surface area (Å²) in [6.45, 7) is 0. The molecule has 1 aliphatic rings. The average molecular weight is 296 g/mol. The highest BCUT2D eigenvalue weighted by Gasteiger charge is 2.28. The van der Waals surface area contributed by atoms with E-state index in [1.165, 1.54) is 0 Å². The zero-order chi connectivity index (χ0) is 15.5. The van der Waals surface area contributed by atoms with Gasteiger partial charge < -0.3 is 14.8 Å². The molecule has 0 aromatic heterocycles. The second-order valence-corrected chi connectivity index (χ2v) is 4.88. The molecule has 112 valence electrons. The van der Waals surface area contributed by atoms with Crippen LogP contribution in [0.2, 0.25) is 0 Å². The van der Waals surface area contributed by atoms with E-state index in [1.54, 1.807) is 14.2 Å². The molecule has 1 N–H and O–H groups in total. The number of methoxy groups -OCH3 is 2. The van der Waals surface area contributed by atoms with E-state index in [0.29, 0.717) is 5.71 Å². The Labute approximate surface area is 128 Å². The summed E-state index contributed by atoms with van der Waals surface area (Å²) in [5, 5.41) is 2.87. The van der Waals surface area contributed by atoms with E-state index >= 15 is 0 Å². The van der Waals surface area contributed by atoms with Crippen LogP contribution < -0.4 is 14.8 Å². The minimum absolute atomic E-state index is 0.258. The van der Waals surface area contributed by atoms with Gasteiger partial charge in [0.1, 0.15) is 11.5 Å². The van der Waals surface area contributed by atoms with Gasteiger partial charge in [0, 0.05) is 0 Å². The minimum Gasteiger partial charge on any atom is -0.497 e. The number of nitrogens with zero attached hydrogens (tertiary/aromatic N) is 1. The van der Waals surface area contributed by atoms with Crippen molar-refractivity contribution in [2.45, 2.75) is 6.04 Å². The molecule has 0 bridgehead atoms. The Hall–Kier alpha value is -2.82. The number of ether oxygens (including phenoxy) is 2. The molecule has 0 radical (unpaired) electrons. The molecule has 5 heteroatoms. The molecular formula is C17H16N2O3. The lowest BCUT2D eigenvalue weighted by Gasteiger charge is -2.14. The molecule has 0 spiro atoms. The lowest BCUT2D eigenvalue weighted by Crippen LogP contribution is -2.24. The molecule has 5 nitrogen and oxygen atoms in total. The second-order valence-electron chi connectivity index (χ2n) is 4.88. The van der Waals surface area contributed by atoms with Crippen LogP contribution in [0.15, 0.2) is 53.5 Å². The Balaban J connectivity index is 1.93. The number of carbonyl (C=O) groups excluding carboxylic acids is 1. The number of aliphatic imine (C=N–C) groups is 1. The zero-order valence-electron chi connectivity index (χ0n) is 12.4. The first-order chi connectivity index (χ1) is 10.7. The van der Waals surface area contributed by atoms with E-state index in [9.17, 15) is 4.79 Å². The predicted octanol–water partition coefficient (Wildman–Crippen LogP) is 2.96. The maximum atomic E-state index is 11.7. The van der Waals surface area contributed by atoms with Crippen LogP contribution in [-0.4, -0.2) is 26.0 Å². The predicted molar refractivity (Wildman–Crippen MR) is 83.8 cm³/mol. The van der Waals surface area contributed by atoms with E-state index in [2.05, 4.69) is 10.3 Å². The number of hydrogen-bond donors (Lipinski definition) is 1. The van der Waals surface area contributed by atoms with Crippen LogP contribution in [0.5, 0.6) is 11.5 Å². The van der Waals surface area contributed by atoms with Crippen molar-refractivity contribution in [2.24, 2.45) is 4.99 Å². The topological polar surface area (TPSA) is 59.9 Å². The van der Waals surface area contributed by atoms with Crippen LogP contribution in [-0.2, 0) is 0 Å². The van der Waals surface area contributed by atoms with Gasteiger partial charge in [-0.25, -0.2) is 4.79 Å². The summed E-state index contributed by atoms with van der Waals surface area (Å²) in [5.41, 5.74) is 2.55. The standard InChI is InChI=1S/C17H16N2O3/c1-21-13-7-3-11(4-8-13)15-16(19-17(20)18-15)12-5-9-14(22-2)10-6-12/h3-10,15H,1-2H3,(H,18,20)/t15-/m1/s1. The van der Waals surface area contributed by atoms with Crippen LogP contribution in [0.3, 0.4) is 0 Å². The van der Waals surface area contributed by atoms with Crippen molar-refractivity contribution in [1.29, 1.82) is 0 Å². The zero-order valence-corrected chi connectivity index (χ0v) is 12.4. The molecule has 2 amide bonds. The van der Waals surface area contributed by atoms with Gasteiger partial charge in [-0.05, 0) is 47.5 Å². The molecule has 3 rings (SSSR count). The Bertz CT molecular complexity index is 706. The van der Waals surface area contributed by atoms with Gasteiger partial charge in [0.05, 0.1) is 26.0 Å². The smallest absolute Gasteiger partial charge is 0.342 e. The number of urea groups is 1. The lowest BCUT2D eigenvalue weighted by atomic mass is 9.97. The van der Waals surface area contributed by atoms with Crippen molar-refractivity contribution in [3.63, 3.8) is 0 Å². The third kappa shape index (κ3) is 2.65. The Morgan fingerprint density at radius 3 is 2.00 bits per heavy atom. The number of amides is 2. The quantitative estimate of drug-likeness (QED) is 0.943. The van der Waals surface area contributed by atoms with Gasteiger partial charge in [-0.15, -0.1) is 0 Å². The fraction of sp³-hybridized carbons (Fsp3) is 0.176. The lowest BCUT2D eigenvalue weighted by molar-refractivity contribution is 0.250. The number of benzene rings is 2. The van der Waals surface area contributed by atoms with Crippen LogP contribution in [0.4, 0.5) is 4.79 Å². The first-order valence-electron chi connectivity index (χ1n) is 6.88. The van der Waals surface area contributed by atoms with Gasteiger partial charge in [0.15, 0.2) is 0 Å². The normalized spacial score (nSPS) is 16.9. The molecule has 22 heavy (non-hydrogen) atoms. The summed E-state index contributed by atoms with van der Waals surface area (Å²) < 4.78 is 10.3. The summed E-state index contributed by atoms with van der Waals surface area (Å²) in [4.78, 5) is 15.8. The monoisotopic (exact) mass is 296 g/mol. The third-order valence-corrected chi connectivity index (χ3v) is 3.60. The molecule has 0 saturated heterocycles. The van der Waals surface area contributed by atoms with Gasteiger partial charge in [-0.2, -0.15) is 4.99 Å². The van der Waals surface area contributed by atoms with Crippen LogP contribution >= 0.6 is 0 Å². The Morgan fingerprint density at radius 2 is 1.45 bits per heavy atom. The highest BCUT2D eigenvalue weighted by molar-refractivity contribution is 6.14. The van der Waals surface area contributed by atoms with Gasteiger partial charge in [0.25, 0.3) is 0 Å². The average Bonchev–Trinajstić information content (AvgIpc) is 2.97. The first-order valence-corrected chi connectivity index (χ1v) is 6.88. The molecule has 0 unspecified atom stereocenters. The van der Waals surface area contributed by atoms with E-state index in [4.69, 9.17) is 9.47 Å². The summed E-state index contributed by atoms with van der Waals surface area (Å²) >= 11 is 0. The third-order valence-electron chi connectivity index (χ3n) is 3.60. The molecular weight excluding hydrogens is 280 g/mol. The van der Waals surface area contributed by atoms with Gasteiger partial charge in [-0.3, -0.25) is 0 Å².